The van der Waals surface area contributed by atoms with Crippen LogP contribution in [0.25, 0.3) is 0 Å². The van der Waals surface area contributed by atoms with Crippen LogP contribution in [0, 0.1) is 0 Å². The van der Waals surface area contributed by atoms with Crippen molar-refractivity contribution in [3.05, 3.63) is 23.2 Å². The Balaban J connectivity index is 2.06. The molecule has 0 spiro atoms. The van der Waals surface area contributed by atoms with Crippen molar-refractivity contribution in [2.24, 2.45) is 0 Å². The number of carbonyl (C=O) groups is 1. The molecule has 2 atom stereocenters. The average molecular weight is 271 g/mol. The summed E-state index contributed by atoms with van der Waals surface area (Å²) in [6.07, 6.45) is -0.0607. The van der Waals surface area contributed by atoms with Crippen LogP contribution in [-0.4, -0.2) is 36.8 Å². The SMILES string of the molecule is COc1ccc(Cl)c(NC(=O)C2CC(O)CN2)c1. The fraction of sp³-hybridized carbons (Fsp3) is 0.417. The van der Waals surface area contributed by atoms with E-state index in [-0.39, 0.29) is 11.9 Å². The Hall–Kier alpha value is -1.30. The van der Waals surface area contributed by atoms with Crippen LogP contribution in [0.1, 0.15) is 6.42 Å². The van der Waals surface area contributed by atoms with Gasteiger partial charge < -0.3 is 20.5 Å². The van der Waals surface area contributed by atoms with Gasteiger partial charge in [-0.25, -0.2) is 0 Å². The molecule has 0 aromatic heterocycles. The molecule has 1 fully saturated rings. The molecule has 0 aliphatic carbocycles. The van der Waals surface area contributed by atoms with Gasteiger partial charge in [0, 0.05) is 12.6 Å². The second-order valence-corrected chi connectivity index (χ2v) is 4.59. The number of aliphatic hydroxyl groups is 1. The van der Waals surface area contributed by atoms with E-state index in [0.717, 1.165) is 0 Å². The lowest BCUT2D eigenvalue weighted by Gasteiger charge is -2.13. The number of benzene rings is 1. The Morgan fingerprint density at radius 3 is 3.00 bits per heavy atom. The summed E-state index contributed by atoms with van der Waals surface area (Å²) in [5, 5.41) is 15.5. The largest absolute Gasteiger partial charge is 0.497 e. The second kappa shape index (κ2) is 5.56. The number of anilines is 1. The van der Waals surface area contributed by atoms with Gasteiger partial charge in [-0.2, -0.15) is 0 Å². The van der Waals surface area contributed by atoms with E-state index < -0.39 is 6.10 Å². The number of halogens is 1. The maximum Gasteiger partial charge on any atom is 0.241 e. The maximum atomic E-state index is 11.9. The van der Waals surface area contributed by atoms with Crippen molar-refractivity contribution >= 4 is 23.2 Å². The highest BCUT2D eigenvalue weighted by Crippen LogP contribution is 2.27. The molecule has 0 radical (unpaired) electrons. The molecule has 1 saturated heterocycles. The Labute approximate surface area is 110 Å². The number of methoxy groups -OCH3 is 1. The van der Waals surface area contributed by atoms with Crippen LogP contribution >= 0.6 is 11.6 Å². The van der Waals surface area contributed by atoms with E-state index in [1.807, 2.05) is 0 Å². The third-order valence-electron chi connectivity index (χ3n) is 2.86. The number of rotatable bonds is 3. The minimum absolute atomic E-state index is 0.207. The molecule has 1 aromatic rings. The normalized spacial score (nSPS) is 22.8. The fourth-order valence-corrected chi connectivity index (χ4v) is 2.03. The lowest BCUT2D eigenvalue weighted by atomic mass is 10.2. The van der Waals surface area contributed by atoms with Gasteiger partial charge in [0.1, 0.15) is 5.75 Å². The minimum Gasteiger partial charge on any atom is -0.497 e. The predicted molar refractivity (Wildman–Crippen MR) is 69.0 cm³/mol. The van der Waals surface area contributed by atoms with Crippen LogP contribution in [-0.2, 0) is 4.79 Å². The van der Waals surface area contributed by atoms with Gasteiger partial charge in [-0.05, 0) is 18.6 Å². The van der Waals surface area contributed by atoms with Gasteiger partial charge in [-0.15, -0.1) is 0 Å². The molecule has 1 aliphatic heterocycles. The molecule has 0 bridgehead atoms. The number of amides is 1. The average Bonchev–Trinajstić information content (AvgIpc) is 2.79. The van der Waals surface area contributed by atoms with E-state index in [0.29, 0.717) is 29.4 Å². The second-order valence-electron chi connectivity index (χ2n) is 4.19. The van der Waals surface area contributed by atoms with Crippen molar-refractivity contribution < 1.29 is 14.6 Å². The van der Waals surface area contributed by atoms with Gasteiger partial charge >= 0.3 is 0 Å². The number of aliphatic hydroxyl groups excluding tert-OH is 1. The molecule has 3 N–H and O–H groups in total. The quantitative estimate of drug-likeness (QED) is 0.767. The molecule has 1 amide bonds. The first-order valence-corrected chi connectivity index (χ1v) is 6.04. The van der Waals surface area contributed by atoms with Crippen LogP contribution in [0.4, 0.5) is 5.69 Å². The molecule has 2 rings (SSSR count). The molecule has 2 unspecified atom stereocenters. The number of nitrogens with one attached hydrogen (secondary N) is 2. The molecule has 18 heavy (non-hydrogen) atoms. The van der Waals surface area contributed by atoms with Gasteiger partial charge in [-0.3, -0.25) is 4.79 Å². The van der Waals surface area contributed by atoms with Crippen LogP contribution in [0.5, 0.6) is 5.75 Å². The molecule has 6 heteroatoms. The zero-order chi connectivity index (χ0) is 13.1. The van der Waals surface area contributed by atoms with Crippen molar-refractivity contribution in [3.8, 4) is 5.75 Å². The third-order valence-corrected chi connectivity index (χ3v) is 3.19. The van der Waals surface area contributed by atoms with Crippen molar-refractivity contribution in [2.75, 3.05) is 19.0 Å². The van der Waals surface area contributed by atoms with Gasteiger partial charge in [0.25, 0.3) is 0 Å². The third kappa shape index (κ3) is 2.93. The molecule has 1 heterocycles. The van der Waals surface area contributed by atoms with E-state index in [2.05, 4.69) is 10.6 Å². The van der Waals surface area contributed by atoms with E-state index in [1.54, 1.807) is 25.3 Å². The topological polar surface area (TPSA) is 70.6 Å². The van der Waals surface area contributed by atoms with Gasteiger partial charge in [0.05, 0.1) is 30.0 Å². The van der Waals surface area contributed by atoms with Gasteiger partial charge in [0.2, 0.25) is 5.91 Å². The number of carbonyl (C=O) groups excluding carboxylic acids is 1. The predicted octanol–water partition coefficient (Wildman–Crippen LogP) is 1.01. The van der Waals surface area contributed by atoms with E-state index in [1.165, 1.54) is 0 Å². The van der Waals surface area contributed by atoms with Gasteiger partial charge in [0.15, 0.2) is 0 Å². The first-order valence-electron chi connectivity index (χ1n) is 5.66. The van der Waals surface area contributed by atoms with Crippen molar-refractivity contribution in [2.45, 2.75) is 18.6 Å². The van der Waals surface area contributed by atoms with Crippen LogP contribution < -0.4 is 15.4 Å². The van der Waals surface area contributed by atoms with Crippen molar-refractivity contribution in [1.82, 2.24) is 5.32 Å². The zero-order valence-electron chi connectivity index (χ0n) is 9.94. The summed E-state index contributed by atoms with van der Waals surface area (Å²) < 4.78 is 5.07. The Morgan fingerprint density at radius 2 is 2.39 bits per heavy atom. The summed E-state index contributed by atoms with van der Waals surface area (Å²) >= 11 is 5.99. The number of β-amino-alcohol motifs (C(OH)–C–C–N with tert-alkyl or cyclic N) is 1. The highest BCUT2D eigenvalue weighted by atomic mass is 35.5. The summed E-state index contributed by atoms with van der Waals surface area (Å²) in [6.45, 7) is 0.434. The molecule has 5 nitrogen and oxygen atoms in total. The monoisotopic (exact) mass is 270 g/mol. The Bertz CT molecular complexity index is 453. The summed E-state index contributed by atoms with van der Waals surface area (Å²) in [5.74, 6) is 0.413. The van der Waals surface area contributed by atoms with Crippen LogP contribution in [0.2, 0.25) is 5.02 Å². The van der Waals surface area contributed by atoms with Gasteiger partial charge in [-0.1, -0.05) is 11.6 Å². The molecule has 0 saturated carbocycles. The summed E-state index contributed by atoms with van der Waals surface area (Å²) in [5.41, 5.74) is 0.504. The number of ether oxygens (including phenoxy) is 1. The van der Waals surface area contributed by atoms with Crippen LogP contribution in [0.15, 0.2) is 18.2 Å². The standard InChI is InChI=1S/C12H15ClN2O3/c1-18-8-2-3-9(13)10(5-8)15-12(17)11-4-7(16)6-14-11/h2-3,5,7,11,14,16H,4,6H2,1H3,(H,15,17). The fourth-order valence-electron chi connectivity index (χ4n) is 1.86. The summed E-state index contributed by atoms with van der Waals surface area (Å²) in [7, 11) is 1.55. The summed E-state index contributed by atoms with van der Waals surface area (Å²) in [4.78, 5) is 11.9. The van der Waals surface area contributed by atoms with E-state index >= 15 is 0 Å². The molecular weight excluding hydrogens is 256 g/mol. The lowest BCUT2D eigenvalue weighted by molar-refractivity contribution is -0.117. The van der Waals surface area contributed by atoms with Crippen LogP contribution in [0.3, 0.4) is 0 Å². The maximum absolute atomic E-state index is 11.9. The smallest absolute Gasteiger partial charge is 0.241 e. The lowest BCUT2D eigenvalue weighted by Crippen LogP contribution is -2.35. The summed E-state index contributed by atoms with van der Waals surface area (Å²) in [6, 6.07) is 4.65. The first-order chi connectivity index (χ1) is 8.60. The van der Waals surface area contributed by atoms with Crippen molar-refractivity contribution in [3.63, 3.8) is 0 Å². The molecule has 98 valence electrons. The molecule has 1 aliphatic rings. The van der Waals surface area contributed by atoms with Crippen molar-refractivity contribution in [1.29, 1.82) is 0 Å². The highest BCUT2D eigenvalue weighted by molar-refractivity contribution is 6.33. The number of hydrogen-bond donors (Lipinski definition) is 3. The molecule has 1 aromatic carbocycles. The Morgan fingerprint density at radius 1 is 1.61 bits per heavy atom. The van der Waals surface area contributed by atoms with E-state index in [4.69, 9.17) is 16.3 Å². The molecular formula is C12H15ClN2O3. The number of hydrogen-bond acceptors (Lipinski definition) is 4. The minimum atomic E-state index is -0.471. The van der Waals surface area contributed by atoms with E-state index in [9.17, 15) is 9.90 Å². The first kappa shape index (κ1) is 13.1. The Kier molecular flexibility index (Phi) is 4.06. The highest BCUT2D eigenvalue weighted by Gasteiger charge is 2.28. The zero-order valence-corrected chi connectivity index (χ0v) is 10.7.